The highest BCUT2D eigenvalue weighted by atomic mass is 16.5. The summed E-state index contributed by atoms with van der Waals surface area (Å²) < 4.78 is 4.99. The lowest BCUT2D eigenvalue weighted by atomic mass is 9.88. The molecule has 0 amide bonds. The average Bonchev–Trinajstić information content (AvgIpc) is 2.34. The van der Waals surface area contributed by atoms with Crippen molar-refractivity contribution in [1.82, 2.24) is 0 Å². The van der Waals surface area contributed by atoms with Crippen LogP contribution in [0.4, 0.5) is 0 Å². The van der Waals surface area contributed by atoms with Crippen LogP contribution in [-0.2, 0) is 16.0 Å². The van der Waals surface area contributed by atoms with E-state index in [2.05, 4.69) is 34.6 Å². The lowest BCUT2D eigenvalue weighted by Crippen LogP contribution is -2.08. The second kappa shape index (κ2) is 6.03. The van der Waals surface area contributed by atoms with Crippen molar-refractivity contribution in [3.63, 3.8) is 0 Å². The van der Waals surface area contributed by atoms with Gasteiger partial charge in [0.1, 0.15) is 0 Å². The van der Waals surface area contributed by atoms with E-state index in [1.165, 1.54) is 33.4 Å². The highest BCUT2D eigenvalue weighted by Crippen LogP contribution is 2.26. The number of ether oxygens (including phenoxy) is 1. The first kappa shape index (κ1) is 14.7. The maximum atomic E-state index is 11.5. The van der Waals surface area contributed by atoms with Crippen LogP contribution >= 0.6 is 0 Å². The molecule has 0 radical (unpaired) electrons. The molecule has 0 saturated carbocycles. The first-order valence-corrected chi connectivity index (χ1v) is 6.61. The molecule has 1 rings (SSSR count). The number of carbonyl (C=O) groups is 1. The SMILES string of the molecule is CCOC(=O)CCc1c(C)c(C)c(C)c(C)c1C. The van der Waals surface area contributed by atoms with E-state index in [1.807, 2.05) is 6.92 Å². The molecule has 0 bridgehead atoms. The van der Waals surface area contributed by atoms with Crippen LogP contribution in [0.25, 0.3) is 0 Å². The normalized spacial score (nSPS) is 10.6. The number of benzene rings is 1. The fourth-order valence-electron chi connectivity index (χ4n) is 2.41. The molecule has 0 N–H and O–H groups in total. The molecule has 1 aromatic rings. The van der Waals surface area contributed by atoms with Gasteiger partial charge in [0.2, 0.25) is 0 Å². The molecule has 0 heterocycles. The summed E-state index contributed by atoms with van der Waals surface area (Å²) in [6.07, 6.45) is 1.25. The van der Waals surface area contributed by atoms with Crippen molar-refractivity contribution in [3.05, 3.63) is 33.4 Å². The largest absolute Gasteiger partial charge is 0.466 e. The predicted octanol–water partition coefficient (Wildman–Crippen LogP) is 3.72. The highest BCUT2D eigenvalue weighted by molar-refractivity contribution is 5.70. The first-order valence-electron chi connectivity index (χ1n) is 6.61. The van der Waals surface area contributed by atoms with Gasteiger partial charge in [-0.3, -0.25) is 4.79 Å². The Labute approximate surface area is 110 Å². The Hall–Kier alpha value is -1.31. The summed E-state index contributed by atoms with van der Waals surface area (Å²) in [4.78, 5) is 11.5. The number of esters is 1. The molecular weight excluding hydrogens is 224 g/mol. The summed E-state index contributed by atoms with van der Waals surface area (Å²) >= 11 is 0. The van der Waals surface area contributed by atoms with Crippen molar-refractivity contribution in [3.8, 4) is 0 Å². The van der Waals surface area contributed by atoms with Crippen molar-refractivity contribution in [2.45, 2.75) is 54.4 Å². The van der Waals surface area contributed by atoms with Crippen LogP contribution < -0.4 is 0 Å². The van der Waals surface area contributed by atoms with Gasteiger partial charge in [-0.05, 0) is 81.3 Å². The van der Waals surface area contributed by atoms with Crippen LogP contribution in [0, 0.1) is 34.6 Å². The van der Waals surface area contributed by atoms with Gasteiger partial charge in [-0.1, -0.05) is 0 Å². The summed E-state index contributed by atoms with van der Waals surface area (Å²) in [6.45, 7) is 13.1. The molecule has 100 valence electrons. The molecule has 0 unspecified atom stereocenters. The number of hydrogen-bond acceptors (Lipinski definition) is 2. The van der Waals surface area contributed by atoms with E-state index >= 15 is 0 Å². The van der Waals surface area contributed by atoms with E-state index in [-0.39, 0.29) is 5.97 Å². The Kier molecular flexibility index (Phi) is 4.94. The van der Waals surface area contributed by atoms with E-state index in [0.29, 0.717) is 13.0 Å². The van der Waals surface area contributed by atoms with Gasteiger partial charge in [0, 0.05) is 6.42 Å². The van der Waals surface area contributed by atoms with E-state index < -0.39 is 0 Å². The summed E-state index contributed by atoms with van der Waals surface area (Å²) in [6, 6.07) is 0. The summed E-state index contributed by atoms with van der Waals surface area (Å²) in [5.41, 5.74) is 8.00. The summed E-state index contributed by atoms with van der Waals surface area (Å²) in [5, 5.41) is 0. The van der Waals surface area contributed by atoms with Gasteiger partial charge in [-0.15, -0.1) is 0 Å². The molecule has 0 aliphatic heterocycles. The lowest BCUT2D eigenvalue weighted by molar-refractivity contribution is -0.143. The molecular formula is C16H24O2. The fraction of sp³-hybridized carbons (Fsp3) is 0.562. The Bertz CT molecular complexity index is 430. The zero-order chi connectivity index (χ0) is 13.9. The molecule has 0 fully saturated rings. The molecule has 0 atom stereocenters. The quantitative estimate of drug-likeness (QED) is 0.759. The minimum Gasteiger partial charge on any atom is -0.466 e. The standard InChI is InChI=1S/C16H24O2/c1-7-18-16(17)9-8-15-13(5)11(3)10(2)12(4)14(15)6/h7-9H2,1-6H3. The van der Waals surface area contributed by atoms with Crippen molar-refractivity contribution < 1.29 is 9.53 Å². The van der Waals surface area contributed by atoms with Crippen LogP contribution in [0.15, 0.2) is 0 Å². The Morgan fingerprint density at radius 3 is 1.78 bits per heavy atom. The summed E-state index contributed by atoms with van der Waals surface area (Å²) in [7, 11) is 0. The van der Waals surface area contributed by atoms with Crippen LogP contribution in [0.1, 0.15) is 46.7 Å². The van der Waals surface area contributed by atoms with Gasteiger partial charge in [0.15, 0.2) is 0 Å². The average molecular weight is 248 g/mol. The third-order valence-corrected chi connectivity index (χ3v) is 4.04. The fourth-order valence-corrected chi connectivity index (χ4v) is 2.41. The van der Waals surface area contributed by atoms with E-state index in [0.717, 1.165) is 6.42 Å². The molecule has 0 aromatic heterocycles. The number of rotatable bonds is 4. The van der Waals surface area contributed by atoms with Crippen molar-refractivity contribution in [2.75, 3.05) is 6.61 Å². The zero-order valence-corrected chi connectivity index (χ0v) is 12.4. The maximum Gasteiger partial charge on any atom is 0.306 e. The van der Waals surface area contributed by atoms with Gasteiger partial charge in [-0.2, -0.15) is 0 Å². The topological polar surface area (TPSA) is 26.3 Å². The molecule has 0 aliphatic carbocycles. The van der Waals surface area contributed by atoms with Gasteiger partial charge in [0.05, 0.1) is 6.61 Å². The Morgan fingerprint density at radius 1 is 0.889 bits per heavy atom. The van der Waals surface area contributed by atoms with E-state index in [4.69, 9.17) is 4.74 Å². The maximum absolute atomic E-state index is 11.5. The molecule has 0 saturated heterocycles. The smallest absolute Gasteiger partial charge is 0.306 e. The third-order valence-electron chi connectivity index (χ3n) is 4.04. The zero-order valence-electron chi connectivity index (χ0n) is 12.4. The van der Waals surface area contributed by atoms with Gasteiger partial charge in [-0.25, -0.2) is 0 Å². The molecule has 1 aromatic carbocycles. The van der Waals surface area contributed by atoms with Crippen molar-refractivity contribution in [1.29, 1.82) is 0 Å². The van der Waals surface area contributed by atoms with Crippen LogP contribution in [0.5, 0.6) is 0 Å². The van der Waals surface area contributed by atoms with E-state index in [1.54, 1.807) is 0 Å². The minimum absolute atomic E-state index is 0.104. The molecule has 2 nitrogen and oxygen atoms in total. The highest BCUT2D eigenvalue weighted by Gasteiger charge is 2.13. The molecule has 0 spiro atoms. The Morgan fingerprint density at radius 2 is 1.33 bits per heavy atom. The van der Waals surface area contributed by atoms with Gasteiger partial charge in [0.25, 0.3) is 0 Å². The monoisotopic (exact) mass is 248 g/mol. The van der Waals surface area contributed by atoms with Crippen molar-refractivity contribution >= 4 is 5.97 Å². The number of hydrogen-bond donors (Lipinski definition) is 0. The third kappa shape index (κ3) is 2.92. The van der Waals surface area contributed by atoms with Crippen molar-refractivity contribution in [2.24, 2.45) is 0 Å². The number of carbonyl (C=O) groups excluding carboxylic acids is 1. The van der Waals surface area contributed by atoms with Gasteiger partial charge < -0.3 is 4.74 Å². The van der Waals surface area contributed by atoms with Gasteiger partial charge >= 0.3 is 5.97 Å². The second-order valence-corrected chi connectivity index (χ2v) is 4.91. The van der Waals surface area contributed by atoms with Crippen LogP contribution in [0.2, 0.25) is 0 Å². The van der Waals surface area contributed by atoms with E-state index in [9.17, 15) is 4.79 Å². The lowest BCUT2D eigenvalue weighted by Gasteiger charge is -2.18. The van der Waals surface area contributed by atoms with Crippen LogP contribution in [-0.4, -0.2) is 12.6 Å². The van der Waals surface area contributed by atoms with Crippen LogP contribution in [0.3, 0.4) is 0 Å². The second-order valence-electron chi connectivity index (χ2n) is 4.91. The predicted molar refractivity (Wildman–Crippen MR) is 75.1 cm³/mol. The minimum atomic E-state index is -0.104. The molecule has 18 heavy (non-hydrogen) atoms. The molecule has 0 aliphatic rings. The Balaban J connectivity index is 2.99. The summed E-state index contributed by atoms with van der Waals surface area (Å²) in [5.74, 6) is -0.104. The molecule has 2 heteroatoms. The first-order chi connectivity index (χ1) is 8.40.